The van der Waals surface area contributed by atoms with Gasteiger partial charge < -0.3 is 19.1 Å². The Morgan fingerprint density at radius 1 is 1.00 bits per heavy atom. The molecule has 0 atom stereocenters. The number of rotatable bonds is 6. The van der Waals surface area contributed by atoms with Crippen molar-refractivity contribution in [3.8, 4) is 11.5 Å². The van der Waals surface area contributed by atoms with Crippen molar-refractivity contribution in [1.29, 1.82) is 0 Å². The second kappa shape index (κ2) is 8.65. The molecule has 0 bridgehead atoms. The molecule has 29 heavy (non-hydrogen) atoms. The molecule has 0 spiro atoms. The molecule has 1 aliphatic rings. The third kappa shape index (κ3) is 4.01. The summed E-state index contributed by atoms with van der Waals surface area (Å²) in [7, 11) is 4.40. The Morgan fingerprint density at radius 2 is 1.69 bits per heavy atom. The first-order chi connectivity index (χ1) is 14.0. The Hall–Kier alpha value is -3.54. The number of hydrogen-bond donors (Lipinski definition) is 0. The van der Waals surface area contributed by atoms with Gasteiger partial charge in [-0.1, -0.05) is 36.4 Å². The van der Waals surface area contributed by atoms with Crippen LogP contribution in [0.25, 0.3) is 6.08 Å². The molecule has 0 saturated heterocycles. The lowest BCUT2D eigenvalue weighted by molar-refractivity contribution is -0.136. The van der Waals surface area contributed by atoms with Gasteiger partial charge in [0.25, 0.3) is 5.91 Å². The third-order valence-corrected chi connectivity index (χ3v) is 4.80. The lowest BCUT2D eigenvalue weighted by atomic mass is 10.0. The van der Waals surface area contributed by atoms with Crippen LogP contribution in [0.3, 0.4) is 0 Å². The first kappa shape index (κ1) is 20.2. The smallest absolute Gasteiger partial charge is 0.340 e. The van der Waals surface area contributed by atoms with E-state index >= 15 is 0 Å². The van der Waals surface area contributed by atoms with Crippen molar-refractivity contribution in [1.82, 2.24) is 4.90 Å². The van der Waals surface area contributed by atoms with Gasteiger partial charge in [0.05, 0.1) is 39.0 Å². The lowest BCUT2D eigenvalue weighted by Gasteiger charge is -2.17. The highest BCUT2D eigenvalue weighted by atomic mass is 16.5. The van der Waals surface area contributed by atoms with Crippen LogP contribution in [0, 0.1) is 0 Å². The summed E-state index contributed by atoms with van der Waals surface area (Å²) in [5.74, 6) is 0.325. The fourth-order valence-electron chi connectivity index (χ4n) is 3.29. The quantitative estimate of drug-likeness (QED) is 0.554. The Kier molecular flexibility index (Phi) is 6.02. The van der Waals surface area contributed by atoms with Crippen LogP contribution in [0.2, 0.25) is 0 Å². The zero-order chi connectivity index (χ0) is 21.0. The van der Waals surface area contributed by atoms with Crippen LogP contribution >= 0.6 is 0 Å². The molecule has 6 heteroatoms. The van der Waals surface area contributed by atoms with Gasteiger partial charge in [-0.2, -0.15) is 0 Å². The molecule has 6 nitrogen and oxygen atoms in total. The zero-order valence-corrected chi connectivity index (χ0v) is 16.9. The molecule has 150 valence electrons. The molecule has 3 rings (SSSR count). The molecule has 0 saturated carbocycles. The minimum atomic E-state index is -0.543. The molecule has 1 amide bonds. The molecular formula is C23H23NO5. The normalized spacial score (nSPS) is 15.1. The van der Waals surface area contributed by atoms with Crippen LogP contribution in [0.15, 0.2) is 65.4 Å². The predicted molar refractivity (Wildman–Crippen MR) is 109 cm³/mol. The van der Waals surface area contributed by atoms with Gasteiger partial charge in [-0.25, -0.2) is 4.79 Å². The summed E-state index contributed by atoms with van der Waals surface area (Å²) in [5.41, 5.74) is 2.80. The van der Waals surface area contributed by atoms with E-state index in [4.69, 9.17) is 14.2 Å². The van der Waals surface area contributed by atoms with E-state index in [0.29, 0.717) is 29.3 Å². The number of esters is 1. The van der Waals surface area contributed by atoms with Crippen LogP contribution in [0.1, 0.15) is 18.1 Å². The Bertz CT molecular complexity index is 992. The molecule has 2 aromatic rings. The highest BCUT2D eigenvalue weighted by Gasteiger charge is 2.37. The number of benzene rings is 2. The van der Waals surface area contributed by atoms with Gasteiger partial charge in [0.15, 0.2) is 11.5 Å². The third-order valence-electron chi connectivity index (χ3n) is 4.80. The van der Waals surface area contributed by atoms with Crippen molar-refractivity contribution in [2.24, 2.45) is 0 Å². The molecular weight excluding hydrogens is 370 g/mol. The molecule has 0 N–H and O–H groups in total. The van der Waals surface area contributed by atoms with Crippen molar-refractivity contribution in [3.63, 3.8) is 0 Å². The van der Waals surface area contributed by atoms with E-state index in [1.807, 2.05) is 30.3 Å². The fraction of sp³-hybridized carbons (Fsp3) is 0.217. The molecule has 1 heterocycles. The standard InChI is InChI=1S/C23H23NO5/c1-15-21(23(26)29-4)18(12-17-10-11-19(27-2)20(13-17)28-3)22(25)24(15)14-16-8-6-5-7-9-16/h5-13H,14H2,1-4H3/b18-12-. The molecule has 0 aliphatic carbocycles. The molecule has 0 radical (unpaired) electrons. The summed E-state index contributed by atoms with van der Waals surface area (Å²) in [6, 6.07) is 14.9. The van der Waals surface area contributed by atoms with Gasteiger partial charge in [-0.3, -0.25) is 4.79 Å². The number of carbonyl (C=O) groups is 2. The minimum absolute atomic E-state index is 0.249. The Labute approximate surface area is 170 Å². The monoisotopic (exact) mass is 393 g/mol. The van der Waals surface area contributed by atoms with Crippen molar-refractivity contribution in [2.75, 3.05) is 21.3 Å². The molecule has 0 aromatic heterocycles. The van der Waals surface area contributed by atoms with Crippen LogP contribution in [-0.4, -0.2) is 38.1 Å². The number of methoxy groups -OCH3 is 3. The molecule has 2 aromatic carbocycles. The van der Waals surface area contributed by atoms with E-state index in [1.165, 1.54) is 7.11 Å². The van der Waals surface area contributed by atoms with Crippen molar-refractivity contribution >= 4 is 18.0 Å². The van der Waals surface area contributed by atoms with E-state index in [-0.39, 0.29) is 17.1 Å². The van der Waals surface area contributed by atoms with Crippen molar-refractivity contribution in [3.05, 3.63) is 76.5 Å². The van der Waals surface area contributed by atoms with Gasteiger partial charge in [-0.05, 0) is 36.3 Å². The van der Waals surface area contributed by atoms with E-state index in [0.717, 1.165) is 5.56 Å². The van der Waals surface area contributed by atoms with Crippen LogP contribution < -0.4 is 9.47 Å². The first-order valence-corrected chi connectivity index (χ1v) is 9.09. The maximum atomic E-state index is 13.2. The zero-order valence-electron chi connectivity index (χ0n) is 16.9. The van der Waals surface area contributed by atoms with Gasteiger partial charge in [0, 0.05) is 5.70 Å². The van der Waals surface area contributed by atoms with Gasteiger partial charge in [0.1, 0.15) is 0 Å². The highest BCUT2D eigenvalue weighted by molar-refractivity contribution is 6.16. The summed E-state index contributed by atoms with van der Waals surface area (Å²) in [6.07, 6.45) is 1.67. The second-order valence-corrected chi connectivity index (χ2v) is 6.50. The maximum Gasteiger partial charge on any atom is 0.340 e. The lowest BCUT2D eigenvalue weighted by Crippen LogP contribution is -2.24. The minimum Gasteiger partial charge on any atom is -0.493 e. The maximum absolute atomic E-state index is 13.2. The molecule has 0 unspecified atom stereocenters. The SMILES string of the molecule is COC(=O)C1=C(C)N(Cc2ccccc2)C(=O)/C1=C\c1ccc(OC)c(OC)c1. The average Bonchev–Trinajstić information content (AvgIpc) is 2.98. The Balaban J connectivity index is 2.04. The Morgan fingerprint density at radius 3 is 2.31 bits per heavy atom. The highest BCUT2D eigenvalue weighted by Crippen LogP contribution is 2.34. The number of amides is 1. The summed E-state index contributed by atoms with van der Waals surface area (Å²) < 4.78 is 15.5. The van der Waals surface area contributed by atoms with E-state index in [9.17, 15) is 9.59 Å². The largest absolute Gasteiger partial charge is 0.493 e. The van der Waals surface area contributed by atoms with Gasteiger partial charge in [-0.15, -0.1) is 0 Å². The topological polar surface area (TPSA) is 65.1 Å². The van der Waals surface area contributed by atoms with Crippen molar-refractivity contribution in [2.45, 2.75) is 13.5 Å². The van der Waals surface area contributed by atoms with E-state index in [1.54, 1.807) is 50.3 Å². The average molecular weight is 393 g/mol. The summed E-state index contributed by atoms with van der Waals surface area (Å²) in [4.78, 5) is 27.2. The van der Waals surface area contributed by atoms with E-state index in [2.05, 4.69) is 0 Å². The number of nitrogens with zero attached hydrogens (tertiary/aromatic N) is 1. The fourth-order valence-corrected chi connectivity index (χ4v) is 3.29. The second-order valence-electron chi connectivity index (χ2n) is 6.50. The van der Waals surface area contributed by atoms with Crippen LogP contribution in [0.4, 0.5) is 0 Å². The van der Waals surface area contributed by atoms with Crippen LogP contribution in [-0.2, 0) is 20.9 Å². The molecule has 1 aliphatic heterocycles. The van der Waals surface area contributed by atoms with Gasteiger partial charge in [0.2, 0.25) is 0 Å². The van der Waals surface area contributed by atoms with Crippen molar-refractivity contribution < 1.29 is 23.8 Å². The molecule has 0 fully saturated rings. The summed E-state index contributed by atoms with van der Waals surface area (Å²) >= 11 is 0. The van der Waals surface area contributed by atoms with E-state index < -0.39 is 5.97 Å². The summed E-state index contributed by atoms with van der Waals surface area (Å²) in [6.45, 7) is 2.12. The van der Waals surface area contributed by atoms with Gasteiger partial charge >= 0.3 is 5.97 Å². The predicted octanol–water partition coefficient (Wildman–Crippen LogP) is 3.58. The number of hydrogen-bond acceptors (Lipinski definition) is 5. The summed E-state index contributed by atoms with van der Waals surface area (Å²) in [5, 5.41) is 0. The first-order valence-electron chi connectivity index (χ1n) is 9.09. The van der Waals surface area contributed by atoms with Crippen LogP contribution in [0.5, 0.6) is 11.5 Å². The number of allylic oxidation sites excluding steroid dienone is 1. The number of carbonyl (C=O) groups excluding carboxylic acids is 2. The number of ether oxygens (including phenoxy) is 3.